The number of esters is 1. The van der Waals surface area contributed by atoms with Crippen LogP contribution in [-0.4, -0.2) is 18.9 Å². The molecule has 1 aromatic heterocycles. The van der Waals surface area contributed by atoms with Crippen molar-refractivity contribution >= 4 is 17.8 Å². The van der Waals surface area contributed by atoms with E-state index in [0.29, 0.717) is 35.4 Å². The number of hydrogen-bond acceptors (Lipinski definition) is 4. The van der Waals surface area contributed by atoms with Gasteiger partial charge in [-0.2, -0.15) is 0 Å². The molecule has 4 nitrogen and oxygen atoms in total. The van der Waals surface area contributed by atoms with Crippen LogP contribution in [0, 0.1) is 56.7 Å². The highest BCUT2D eigenvalue weighted by atomic mass is 16.5. The van der Waals surface area contributed by atoms with Gasteiger partial charge in [-0.15, -0.1) is 0 Å². The summed E-state index contributed by atoms with van der Waals surface area (Å²) in [6.07, 6.45) is 13.1. The van der Waals surface area contributed by atoms with Gasteiger partial charge in [0.05, 0.1) is 18.8 Å². The molecular formula is C36H50O4. The molecule has 1 heterocycles. The molecule has 0 aromatic carbocycles. The van der Waals surface area contributed by atoms with E-state index in [4.69, 9.17) is 9.15 Å². The van der Waals surface area contributed by atoms with Gasteiger partial charge in [-0.25, -0.2) is 0 Å². The highest BCUT2D eigenvalue weighted by Crippen LogP contribution is 2.77. The molecule has 0 bridgehead atoms. The number of ketones is 1. The van der Waals surface area contributed by atoms with Gasteiger partial charge in [-0.3, -0.25) is 9.59 Å². The van der Waals surface area contributed by atoms with Crippen LogP contribution < -0.4 is 0 Å². The first-order chi connectivity index (χ1) is 18.8. The first kappa shape index (κ1) is 28.0. The third kappa shape index (κ3) is 3.43. The van der Waals surface area contributed by atoms with Gasteiger partial charge in [-0.05, 0) is 134 Å². The summed E-state index contributed by atoms with van der Waals surface area (Å²) in [5, 5.41) is 0. The average Bonchev–Trinajstić information content (AvgIpc) is 3.55. The zero-order valence-electron chi connectivity index (χ0n) is 25.9. The molecule has 5 fully saturated rings. The first-order valence-corrected chi connectivity index (χ1v) is 15.8. The Labute approximate surface area is 241 Å². The maximum atomic E-state index is 13.9. The van der Waals surface area contributed by atoms with Crippen molar-refractivity contribution in [2.75, 3.05) is 7.11 Å². The summed E-state index contributed by atoms with van der Waals surface area (Å²) in [6, 6.07) is 3.85. The smallest absolute Gasteiger partial charge is 0.312 e. The minimum atomic E-state index is -0.395. The number of hydrogen-bond donors (Lipinski definition) is 0. The van der Waals surface area contributed by atoms with E-state index in [0.717, 1.165) is 62.7 Å². The summed E-state index contributed by atoms with van der Waals surface area (Å²) in [6.45, 7) is 18.7. The lowest BCUT2D eigenvalue weighted by atomic mass is 9.32. The number of allylic oxidation sites excluding steroid dienone is 2. The lowest BCUT2D eigenvalue weighted by Gasteiger charge is -2.72. The molecule has 0 saturated heterocycles. The number of fused-ring (bicyclic) bond motifs is 7. The number of carbonyl (C=O) groups is 2. The Morgan fingerprint density at radius 2 is 1.75 bits per heavy atom. The molecule has 4 heteroatoms. The molecule has 0 spiro atoms. The second-order valence-corrected chi connectivity index (χ2v) is 15.7. The van der Waals surface area contributed by atoms with E-state index in [2.05, 4.69) is 48.1 Å². The van der Waals surface area contributed by atoms with E-state index in [9.17, 15) is 9.59 Å². The summed E-state index contributed by atoms with van der Waals surface area (Å²) in [5.41, 5.74) is 1.75. The minimum absolute atomic E-state index is 0.0199. The highest BCUT2D eigenvalue weighted by molar-refractivity contribution is 6.04. The predicted molar refractivity (Wildman–Crippen MR) is 158 cm³/mol. The van der Waals surface area contributed by atoms with E-state index in [1.165, 1.54) is 12.0 Å². The Morgan fingerprint density at radius 3 is 2.40 bits per heavy atom. The van der Waals surface area contributed by atoms with Crippen LogP contribution in [0.25, 0.3) is 6.08 Å². The maximum Gasteiger partial charge on any atom is 0.312 e. The molecule has 0 amide bonds. The van der Waals surface area contributed by atoms with Gasteiger partial charge in [0.15, 0.2) is 5.78 Å². The van der Waals surface area contributed by atoms with E-state index in [1.54, 1.807) is 13.4 Å². The molecule has 5 aliphatic carbocycles. The molecule has 218 valence electrons. The fourth-order valence-electron chi connectivity index (χ4n) is 12.2. The van der Waals surface area contributed by atoms with Crippen LogP contribution in [0.2, 0.25) is 0 Å². The van der Waals surface area contributed by atoms with Crippen LogP contribution >= 0.6 is 0 Å². The minimum Gasteiger partial charge on any atom is -0.469 e. The largest absolute Gasteiger partial charge is 0.469 e. The van der Waals surface area contributed by atoms with E-state index < -0.39 is 5.41 Å². The molecule has 5 saturated carbocycles. The van der Waals surface area contributed by atoms with Crippen molar-refractivity contribution in [1.82, 2.24) is 0 Å². The van der Waals surface area contributed by atoms with Crippen LogP contribution in [0.1, 0.15) is 105 Å². The molecule has 0 N–H and O–H groups in total. The van der Waals surface area contributed by atoms with Crippen molar-refractivity contribution in [3.63, 3.8) is 0 Å². The number of methoxy groups -OCH3 is 1. The molecule has 0 radical (unpaired) electrons. The lowest BCUT2D eigenvalue weighted by molar-refractivity contribution is -0.232. The van der Waals surface area contributed by atoms with Crippen molar-refractivity contribution in [2.45, 2.75) is 99.3 Å². The fraction of sp³-hybridized carbons (Fsp3) is 0.722. The third-order valence-electron chi connectivity index (χ3n) is 14.1. The zero-order valence-corrected chi connectivity index (χ0v) is 25.9. The molecule has 9 atom stereocenters. The molecule has 1 aromatic rings. The van der Waals surface area contributed by atoms with Gasteiger partial charge in [0.25, 0.3) is 0 Å². The summed E-state index contributed by atoms with van der Waals surface area (Å²) in [5.74, 6) is 3.19. The fourth-order valence-corrected chi connectivity index (χ4v) is 12.2. The number of ether oxygens (including phenoxy) is 1. The first-order valence-electron chi connectivity index (χ1n) is 15.8. The molecule has 0 aliphatic heterocycles. The van der Waals surface area contributed by atoms with Crippen molar-refractivity contribution in [3.8, 4) is 0 Å². The second kappa shape index (κ2) is 8.95. The van der Waals surface area contributed by atoms with E-state index in [1.807, 2.05) is 18.2 Å². The van der Waals surface area contributed by atoms with Gasteiger partial charge in [-0.1, -0.05) is 46.8 Å². The van der Waals surface area contributed by atoms with Gasteiger partial charge in [0, 0.05) is 5.41 Å². The van der Waals surface area contributed by atoms with Gasteiger partial charge in [0.1, 0.15) is 5.76 Å². The van der Waals surface area contributed by atoms with Crippen molar-refractivity contribution in [3.05, 3.63) is 41.9 Å². The molecule has 0 unspecified atom stereocenters. The lowest BCUT2D eigenvalue weighted by Crippen LogP contribution is -2.67. The SMILES string of the molecule is C=C(C)[C@@H]1CC[C@]2(C(=O)OC)CC[C@]3(C)[C@H](CC[C@@H]4[C@@]5(C)C/C(=C/c6ccco6)C(=O)C(C)(C)[C@H]5CC[C@]43C)[C@@H]12. The van der Waals surface area contributed by atoms with E-state index >= 15 is 0 Å². The summed E-state index contributed by atoms with van der Waals surface area (Å²) in [4.78, 5) is 27.4. The molecular weight excluding hydrogens is 496 g/mol. The van der Waals surface area contributed by atoms with Crippen LogP contribution in [0.15, 0.2) is 40.5 Å². The van der Waals surface area contributed by atoms with E-state index in [-0.39, 0.29) is 27.6 Å². The topological polar surface area (TPSA) is 56.5 Å². The summed E-state index contributed by atoms with van der Waals surface area (Å²) < 4.78 is 11.2. The number of furan rings is 1. The van der Waals surface area contributed by atoms with Crippen LogP contribution in [0.3, 0.4) is 0 Å². The number of Topliss-reactive ketones (excluding diaryl/α,β-unsaturated/α-hetero) is 1. The van der Waals surface area contributed by atoms with Crippen molar-refractivity contribution in [1.29, 1.82) is 0 Å². The van der Waals surface area contributed by atoms with Crippen molar-refractivity contribution < 1.29 is 18.7 Å². The van der Waals surface area contributed by atoms with Gasteiger partial charge in [0.2, 0.25) is 0 Å². The maximum absolute atomic E-state index is 13.9. The number of carbonyl (C=O) groups excluding carboxylic acids is 2. The summed E-state index contributed by atoms with van der Waals surface area (Å²) in [7, 11) is 1.58. The van der Waals surface area contributed by atoms with Crippen LogP contribution in [0.5, 0.6) is 0 Å². The number of rotatable bonds is 3. The average molecular weight is 547 g/mol. The molecule has 40 heavy (non-hydrogen) atoms. The Balaban J connectivity index is 1.42. The Bertz CT molecular complexity index is 1250. The summed E-state index contributed by atoms with van der Waals surface area (Å²) >= 11 is 0. The van der Waals surface area contributed by atoms with Gasteiger partial charge >= 0.3 is 5.97 Å². The van der Waals surface area contributed by atoms with Crippen molar-refractivity contribution in [2.24, 2.45) is 56.7 Å². The van der Waals surface area contributed by atoms with Crippen LogP contribution in [-0.2, 0) is 14.3 Å². The second-order valence-electron chi connectivity index (χ2n) is 15.7. The standard InChI is InChI=1S/C36H50O4/c1-22(2)25-13-16-36(31(38)39-8)18-17-34(6)26(29(25)36)11-12-28-33(5)21-23(20-24-10-9-19-40-24)30(37)32(3,4)27(33)14-15-35(28,34)7/h9-10,19-20,25-29H,1,11-18,21H2,2-8H3/b23-20-/t25-,26+,27+,28+,29+,33-,34+,35+,36-/m0/s1. The monoisotopic (exact) mass is 546 g/mol. The zero-order chi connectivity index (χ0) is 28.9. The Kier molecular flexibility index (Phi) is 6.27. The Morgan fingerprint density at radius 1 is 1.00 bits per heavy atom. The normalized spacial score (nSPS) is 46.6. The Hall–Kier alpha value is -2.10. The highest BCUT2D eigenvalue weighted by Gasteiger charge is 2.72. The van der Waals surface area contributed by atoms with Crippen LogP contribution in [0.4, 0.5) is 0 Å². The molecule has 6 rings (SSSR count). The van der Waals surface area contributed by atoms with Gasteiger partial charge < -0.3 is 9.15 Å². The predicted octanol–water partition coefficient (Wildman–Crippen LogP) is 8.67. The molecule has 5 aliphatic rings. The third-order valence-corrected chi connectivity index (χ3v) is 14.1. The quantitative estimate of drug-likeness (QED) is 0.216.